The molecule has 39 heavy (non-hydrogen) atoms. The zero-order valence-electron chi connectivity index (χ0n) is 21.9. The van der Waals surface area contributed by atoms with Crippen LogP contribution in [0, 0.1) is 20.8 Å². The molecule has 6 rings (SSSR count). The first-order valence-corrected chi connectivity index (χ1v) is 12.4. The fraction of sp³-hybridized carbons (Fsp3) is 0.241. The molecule has 5 aromatic rings. The predicted octanol–water partition coefficient (Wildman–Crippen LogP) is 5.76. The summed E-state index contributed by atoms with van der Waals surface area (Å²) in [6, 6.07) is 11.2. The Kier molecular flexibility index (Phi) is 6.14. The molecule has 1 atom stereocenters. The van der Waals surface area contributed by atoms with E-state index < -0.39 is 12.2 Å². The molecule has 2 aromatic carbocycles. The molecule has 0 bridgehead atoms. The van der Waals surface area contributed by atoms with Crippen LogP contribution in [-0.4, -0.2) is 47.5 Å². The van der Waals surface area contributed by atoms with Crippen LogP contribution < -0.4 is 19.5 Å². The molecule has 10 heteroatoms. The number of amides is 1. The van der Waals surface area contributed by atoms with Crippen LogP contribution in [0.1, 0.15) is 16.8 Å². The Bertz CT molecular complexity index is 1730. The fourth-order valence-electron chi connectivity index (χ4n) is 4.63. The van der Waals surface area contributed by atoms with Crippen LogP contribution in [0.3, 0.4) is 0 Å². The quantitative estimate of drug-likeness (QED) is 0.305. The topological polar surface area (TPSA) is 118 Å². The first-order valence-electron chi connectivity index (χ1n) is 12.4. The Morgan fingerprint density at radius 3 is 2.82 bits per heavy atom. The number of fused-ring (bicyclic) bond motifs is 4. The van der Waals surface area contributed by atoms with Gasteiger partial charge in [-0.3, -0.25) is 10.3 Å². The van der Waals surface area contributed by atoms with Crippen molar-refractivity contribution in [2.24, 2.45) is 0 Å². The molecule has 1 aliphatic heterocycles. The van der Waals surface area contributed by atoms with Gasteiger partial charge >= 0.3 is 6.09 Å². The maximum atomic E-state index is 12.3. The van der Waals surface area contributed by atoms with Gasteiger partial charge in [0.2, 0.25) is 5.88 Å². The number of aromatic nitrogens is 3. The van der Waals surface area contributed by atoms with E-state index in [0.717, 1.165) is 27.8 Å². The molecular formula is C29H26N4O6. The third-order valence-electron chi connectivity index (χ3n) is 6.40. The molecule has 3 aromatic heterocycles. The number of nitrogens with zero attached hydrogens (tertiary/aromatic N) is 3. The van der Waals surface area contributed by atoms with Gasteiger partial charge in [0, 0.05) is 23.1 Å². The number of methoxy groups -OCH3 is 1. The largest absolute Gasteiger partial charge is 0.485 e. The maximum absolute atomic E-state index is 12.3. The second-order valence-electron chi connectivity index (χ2n) is 9.43. The van der Waals surface area contributed by atoms with Gasteiger partial charge in [-0.25, -0.2) is 14.8 Å². The Morgan fingerprint density at radius 1 is 1.13 bits per heavy atom. The summed E-state index contributed by atoms with van der Waals surface area (Å²) in [5.74, 6) is 2.24. The predicted molar refractivity (Wildman–Crippen MR) is 145 cm³/mol. The third kappa shape index (κ3) is 4.76. The lowest BCUT2D eigenvalue weighted by Crippen LogP contribution is -2.35. The summed E-state index contributed by atoms with van der Waals surface area (Å²) in [6.07, 6.45) is 2.17. The lowest BCUT2D eigenvalue weighted by atomic mass is 10.1. The minimum Gasteiger partial charge on any atom is -0.485 e. The van der Waals surface area contributed by atoms with Gasteiger partial charge in [0.1, 0.15) is 24.6 Å². The van der Waals surface area contributed by atoms with E-state index in [9.17, 15) is 4.79 Å². The van der Waals surface area contributed by atoms with E-state index in [1.165, 1.54) is 0 Å². The van der Waals surface area contributed by atoms with Crippen molar-refractivity contribution in [3.63, 3.8) is 0 Å². The van der Waals surface area contributed by atoms with Gasteiger partial charge in [-0.15, -0.1) is 0 Å². The van der Waals surface area contributed by atoms with Gasteiger partial charge in [-0.2, -0.15) is 0 Å². The summed E-state index contributed by atoms with van der Waals surface area (Å²) >= 11 is 0. The first-order chi connectivity index (χ1) is 18.9. The van der Waals surface area contributed by atoms with Crippen LogP contribution in [0.4, 0.5) is 10.5 Å². The molecule has 0 saturated heterocycles. The number of carbonyl (C=O) groups is 1. The molecule has 198 valence electrons. The number of benzene rings is 2. The summed E-state index contributed by atoms with van der Waals surface area (Å²) in [4.78, 5) is 25.5. The van der Waals surface area contributed by atoms with Gasteiger partial charge in [0.25, 0.3) is 0 Å². The molecule has 1 aliphatic rings. The number of rotatable bonds is 5. The highest BCUT2D eigenvalue weighted by molar-refractivity contribution is 5.97. The van der Waals surface area contributed by atoms with Crippen molar-refractivity contribution in [3.05, 3.63) is 65.6 Å². The molecule has 1 N–H and O–H groups in total. The van der Waals surface area contributed by atoms with Gasteiger partial charge in [-0.1, -0.05) is 0 Å². The lowest BCUT2D eigenvalue weighted by molar-refractivity contribution is 0.0382. The van der Waals surface area contributed by atoms with Crippen molar-refractivity contribution < 1.29 is 28.2 Å². The minimum atomic E-state index is -0.577. The average molecular weight is 527 g/mol. The minimum absolute atomic E-state index is 0.0282. The number of carbonyl (C=O) groups excluding carboxylic acids is 1. The van der Waals surface area contributed by atoms with E-state index in [1.807, 2.05) is 45.0 Å². The number of furan rings is 1. The highest BCUT2D eigenvalue weighted by Crippen LogP contribution is 2.44. The van der Waals surface area contributed by atoms with Crippen molar-refractivity contribution in [2.45, 2.75) is 26.9 Å². The average Bonchev–Trinajstić information content (AvgIpc) is 3.37. The fourth-order valence-corrected chi connectivity index (χ4v) is 4.63. The Hall–Kier alpha value is -4.86. The molecule has 0 unspecified atom stereocenters. The van der Waals surface area contributed by atoms with E-state index in [2.05, 4.69) is 20.3 Å². The highest BCUT2D eigenvalue weighted by atomic mass is 16.6. The second kappa shape index (κ2) is 9.79. The zero-order chi connectivity index (χ0) is 27.1. The number of anilines is 1. The standard InChI is InChI=1S/C29H26N4O6/c1-15-7-20(26-22(8-15)33-25(35-4)12-31-26)23-11-21-27(39-23)16(2)9-24-28(21)36-13-19(38-24)14-37-29(34)32-18-5-6-30-17(3)10-18/h5-12,19H,13-14H2,1-4H3,(H,30,32,34)/t19-/m1/s1. The van der Waals surface area contributed by atoms with Crippen LogP contribution in [0.25, 0.3) is 33.3 Å². The number of hydrogen-bond acceptors (Lipinski definition) is 9. The number of nitrogens with one attached hydrogen (secondary N) is 1. The van der Waals surface area contributed by atoms with Crippen LogP contribution in [-0.2, 0) is 4.74 Å². The van der Waals surface area contributed by atoms with Crippen molar-refractivity contribution in [1.29, 1.82) is 0 Å². The van der Waals surface area contributed by atoms with Crippen molar-refractivity contribution >= 4 is 33.8 Å². The van der Waals surface area contributed by atoms with Crippen molar-refractivity contribution in [3.8, 4) is 28.7 Å². The van der Waals surface area contributed by atoms with Gasteiger partial charge in [0.05, 0.1) is 29.7 Å². The molecule has 1 amide bonds. The summed E-state index contributed by atoms with van der Waals surface area (Å²) in [6.45, 7) is 6.03. The van der Waals surface area contributed by atoms with Crippen LogP contribution in [0.15, 0.2) is 53.2 Å². The second-order valence-corrected chi connectivity index (χ2v) is 9.43. The van der Waals surface area contributed by atoms with E-state index in [1.54, 1.807) is 31.6 Å². The molecule has 0 radical (unpaired) electrons. The number of aryl methyl sites for hydroxylation is 3. The molecule has 0 spiro atoms. The normalized spacial score (nSPS) is 14.4. The van der Waals surface area contributed by atoms with Crippen LogP contribution >= 0.6 is 0 Å². The van der Waals surface area contributed by atoms with Gasteiger partial charge in [0.15, 0.2) is 17.6 Å². The summed E-state index contributed by atoms with van der Waals surface area (Å²) < 4.78 is 29.2. The van der Waals surface area contributed by atoms with E-state index in [-0.39, 0.29) is 13.2 Å². The summed E-state index contributed by atoms with van der Waals surface area (Å²) in [5.41, 5.74) is 6.25. The third-order valence-corrected chi connectivity index (χ3v) is 6.40. The number of pyridine rings is 1. The Balaban J connectivity index is 1.24. The molecular weight excluding hydrogens is 500 g/mol. The lowest BCUT2D eigenvalue weighted by Gasteiger charge is -2.27. The summed E-state index contributed by atoms with van der Waals surface area (Å²) in [5, 5.41) is 3.48. The van der Waals surface area contributed by atoms with E-state index >= 15 is 0 Å². The monoisotopic (exact) mass is 526 g/mol. The highest BCUT2D eigenvalue weighted by Gasteiger charge is 2.27. The molecule has 4 heterocycles. The molecule has 10 nitrogen and oxygen atoms in total. The Morgan fingerprint density at radius 2 is 2.00 bits per heavy atom. The smallest absolute Gasteiger partial charge is 0.411 e. The number of hydrogen-bond donors (Lipinski definition) is 1. The molecule has 0 aliphatic carbocycles. The van der Waals surface area contributed by atoms with E-state index in [0.29, 0.717) is 45.4 Å². The Labute approximate surface area is 223 Å². The van der Waals surface area contributed by atoms with Crippen molar-refractivity contribution in [2.75, 3.05) is 25.6 Å². The van der Waals surface area contributed by atoms with E-state index in [4.69, 9.17) is 23.4 Å². The summed E-state index contributed by atoms with van der Waals surface area (Å²) in [7, 11) is 1.56. The van der Waals surface area contributed by atoms with Crippen LogP contribution in [0.2, 0.25) is 0 Å². The van der Waals surface area contributed by atoms with Gasteiger partial charge < -0.3 is 23.4 Å². The molecule has 0 saturated carbocycles. The molecule has 0 fully saturated rings. The van der Waals surface area contributed by atoms with Gasteiger partial charge in [-0.05, 0) is 68.3 Å². The number of ether oxygens (including phenoxy) is 4. The van der Waals surface area contributed by atoms with Crippen LogP contribution in [0.5, 0.6) is 17.4 Å². The SMILES string of the molecule is COc1cnc2c(-c3cc4c5c(cc(C)c4o3)O[C@@H](COC(=O)Nc3ccnc(C)c3)CO5)cc(C)cc2n1. The van der Waals surface area contributed by atoms with Crippen molar-refractivity contribution in [1.82, 2.24) is 15.0 Å². The first kappa shape index (κ1) is 24.5. The zero-order valence-corrected chi connectivity index (χ0v) is 21.9. The maximum Gasteiger partial charge on any atom is 0.411 e.